The first-order chi connectivity index (χ1) is 15.6. The van der Waals surface area contributed by atoms with Gasteiger partial charge in [0.15, 0.2) is 0 Å². The topological polar surface area (TPSA) is 135 Å². The summed E-state index contributed by atoms with van der Waals surface area (Å²) < 4.78 is 37.5. The van der Waals surface area contributed by atoms with Gasteiger partial charge in [-0.15, -0.1) is 0 Å². The fraction of sp³-hybridized carbons (Fsp3) is 0.400. The molecule has 2 aliphatic rings. The summed E-state index contributed by atoms with van der Waals surface area (Å²) in [5, 5.41) is 10.1. The Balaban J connectivity index is 0.000000383. The molecule has 13 heteroatoms. The lowest BCUT2D eigenvalue weighted by molar-refractivity contribution is -0.192. The second kappa shape index (κ2) is 9.79. The molecular weight excluding hydrogens is 447 g/mol. The van der Waals surface area contributed by atoms with Gasteiger partial charge in [0.05, 0.1) is 12.0 Å². The number of likely N-dealkylation sites (tertiary alicyclic amines) is 1. The van der Waals surface area contributed by atoms with Crippen LogP contribution in [0.25, 0.3) is 0 Å². The summed E-state index contributed by atoms with van der Waals surface area (Å²) >= 11 is 0. The number of hydrogen-bond acceptors (Lipinski definition) is 7. The molecular formula is C20H20F3N5O5. The number of nitrogens with one attached hydrogen (secondary N) is 1. The number of carboxylic acid groups (broad SMARTS) is 1. The molecule has 176 valence electrons. The minimum atomic E-state index is -5.08. The molecule has 0 saturated carbocycles. The minimum absolute atomic E-state index is 0.00916. The van der Waals surface area contributed by atoms with Crippen LogP contribution in [0.4, 0.5) is 13.2 Å². The van der Waals surface area contributed by atoms with Crippen LogP contribution in [0.5, 0.6) is 5.88 Å². The third kappa shape index (κ3) is 5.54. The summed E-state index contributed by atoms with van der Waals surface area (Å²) in [6.07, 6.45) is 0.0927. The van der Waals surface area contributed by atoms with Crippen LogP contribution in [0.3, 0.4) is 0 Å². The van der Waals surface area contributed by atoms with Gasteiger partial charge in [-0.2, -0.15) is 13.2 Å². The summed E-state index contributed by atoms with van der Waals surface area (Å²) in [5.74, 6) is -2.42. The first kappa shape index (κ1) is 23.9. The zero-order valence-electron chi connectivity index (χ0n) is 17.2. The molecule has 10 nitrogen and oxygen atoms in total. The Morgan fingerprint density at radius 3 is 2.61 bits per heavy atom. The van der Waals surface area contributed by atoms with E-state index in [0.29, 0.717) is 44.2 Å². The number of rotatable bonds is 4. The molecule has 33 heavy (non-hydrogen) atoms. The van der Waals surface area contributed by atoms with Crippen LogP contribution in [0.2, 0.25) is 0 Å². The van der Waals surface area contributed by atoms with Crippen molar-refractivity contribution >= 4 is 17.8 Å². The van der Waals surface area contributed by atoms with Crippen molar-refractivity contribution in [2.75, 3.05) is 26.2 Å². The second-order valence-corrected chi connectivity index (χ2v) is 7.42. The highest BCUT2D eigenvalue weighted by molar-refractivity contribution is 5.94. The number of carbonyl (C=O) groups is 3. The Morgan fingerprint density at radius 2 is 2.00 bits per heavy atom. The van der Waals surface area contributed by atoms with E-state index in [4.69, 9.17) is 14.6 Å². The van der Waals surface area contributed by atoms with Gasteiger partial charge in [0.1, 0.15) is 12.0 Å². The zero-order valence-corrected chi connectivity index (χ0v) is 17.2. The molecule has 4 rings (SSSR count). The summed E-state index contributed by atoms with van der Waals surface area (Å²) in [6, 6.07) is 7.05. The number of aromatic nitrogens is 3. The highest BCUT2D eigenvalue weighted by Gasteiger charge is 2.55. The predicted molar refractivity (Wildman–Crippen MR) is 105 cm³/mol. The maximum absolute atomic E-state index is 12.6. The summed E-state index contributed by atoms with van der Waals surface area (Å²) in [6.45, 7) is 1.82. The van der Waals surface area contributed by atoms with Gasteiger partial charge in [-0.1, -0.05) is 6.07 Å². The Bertz CT molecular complexity index is 993. The average Bonchev–Trinajstić information content (AvgIpc) is 3.38. The van der Waals surface area contributed by atoms with E-state index in [1.54, 1.807) is 23.2 Å². The number of nitrogens with zero attached hydrogens (tertiary/aromatic N) is 4. The molecule has 0 aliphatic carbocycles. The van der Waals surface area contributed by atoms with Crippen molar-refractivity contribution in [2.24, 2.45) is 11.3 Å². The van der Waals surface area contributed by atoms with E-state index in [0.717, 1.165) is 0 Å². The summed E-state index contributed by atoms with van der Waals surface area (Å²) in [4.78, 5) is 47.8. The van der Waals surface area contributed by atoms with Gasteiger partial charge in [-0.3, -0.25) is 9.59 Å². The van der Waals surface area contributed by atoms with Crippen molar-refractivity contribution in [1.82, 2.24) is 25.2 Å². The van der Waals surface area contributed by atoms with Gasteiger partial charge in [-0.05, 0) is 18.6 Å². The molecule has 0 aromatic carbocycles. The van der Waals surface area contributed by atoms with Gasteiger partial charge >= 0.3 is 12.1 Å². The monoisotopic (exact) mass is 467 g/mol. The van der Waals surface area contributed by atoms with Gasteiger partial charge < -0.3 is 20.1 Å². The highest BCUT2D eigenvalue weighted by Crippen LogP contribution is 2.42. The number of amides is 2. The van der Waals surface area contributed by atoms with Crippen molar-refractivity contribution in [3.8, 4) is 5.88 Å². The molecule has 2 N–H and O–H groups in total. The van der Waals surface area contributed by atoms with Crippen LogP contribution in [-0.2, 0) is 9.59 Å². The molecule has 0 unspecified atom stereocenters. The Kier molecular flexibility index (Phi) is 7.09. The first-order valence-electron chi connectivity index (χ1n) is 9.81. The molecule has 2 amide bonds. The molecule has 1 spiro atoms. The van der Waals surface area contributed by atoms with Gasteiger partial charge in [0.2, 0.25) is 11.8 Å². The quantitative estimate of drug-likeness (QED) is 0.684. The summed E-state index contributed by atoms with van der Waals surface area (Å²) in [7, 11) is 0. The second-order valence-electron chi connectivity index (χ2n) is 7.42. The third-order valence-electron chi connectivity index (χ3n) is 5.44. The fourth-order valence-corrected chi connectivity index (χ4v) is 3.71. The lowest BCUT2D eigenvalue weighted by atomic mass is 9.77. The molecule has 4 heterocycles. The van der Waals surface area contributed by atoms with Gasteiger partial charge in [0.25, 0.3) is 5.91 Å². The Morgan fingerprint density at radius 1 is 1.24 bits per heavy atom. The van der Waals surface area contributed by atoms with Crippen molar-refractivity contribution in [1.29, 1.82) is 0 Å². The number of carboxylic acids is 1. The molecule has 2 aromatic heterocycles. The molecule has 2 aliphatic heterocycles. The Hall–Kier alpha value is -3.77. The number of halogens is 3. The van der Waals surface area contributed by atoms with E-state index in [9.17, 15) is 22.8 Å². The normalized spacial score (nSPS) is 21.8. The number of pyridine rings is 1. The standard InChI is InChI=1S/C18H19N5O3.C2HF3O2/c24-16(14-4-7-19-12-22-14)23-8-5-18(11-23)13(9-21-17(18)25)10-26-15-3-1-2-6-20-15;3-2(4,5)1(6)7/h1-4,6-7,12-13H,5,8-11H2,(H,21,25);(H,6,7)/t13-,18-;/m1./s1. The number of aliphatic carboxylic acids is 1. The largest absolute Gasteiger partial charge is 0.490 e. The van der Waals surface area contributed by atoms with E-state index in [1.807, 2.05) is 12.1 Å². The highest BCUT2D eigenvalue weighted by atomic mass is 19.4. The molecule has 2 fully saturated rings. The van der Waals surface area contributed by atoms with E-state index >= 15 is 0 Å². The van der Waals surface area contributed by atoms with E-state index in [2.05, 4.69) is 20.3 Å². The lowest BCUT2D eigenvalue weighted by Crippen LogP contribution is -2.41. The van der Waals surface area contributed by atoms with Crippen LogP contribution in [0, 0.1) is 11.3 Å². The average molecular weight is 467 g/mol. The fourth-order valence-electron chi connectivity index (χ4n) is 3.71. The van der Waals surface area contributed by atoms with Crippen LogP contribution in [-0.4, -0.2) is 75.2 Å². The first-order valence-corrected chi connectivity index (χ1v) is 9.81. The summed E-state index contributed by atoms with van der Waals surface area (Å²) in [5.41, 5.74) is -0.269. The van der Waals surface area contributed by atoms with Crippen LogP contribution >= 0.6 is 0 Å². The van der Waals surface area contributed by atoms with Crippen LogP contribution in [0.15, 0.2) is 43.0 Å². The predicted octanol–water partition coefficient (Wildman–Crippen LogP) is 1.16. The number of carbonyl (C=O) groups excluding carboxylic acids is 2. The van der Waals surface area contributed by atoms with E-state index in [-0.39, 0.29) is 17.7 Å². The number of hydrogen-bond donors (Lipinski definition) is 2. The van der Waals surface area contributed by atoms with E-state index in [1.165, 1.54) is 12.5 Å². The maximum atomic E-state index is 12.6. The van der Waals surface area contributed by atoms with Crippen molar-refractivity contribution in [3.05, 3.63) is 48.7 Å². The number of ether oxygens (including phenoxy) is 1. The molecule has 2 saturated heterocycles. The molecule has 2 aromatic rings. The third-order valence-corrected chi connectivity index (χ3v) is 5.44. The smallest absolute Gasteiger partial charge is 0.477 e. The van der Waals surface area contributed by atoms with E-state index < -0.39 is 17.6 Å². The maximum Gasteiger partial charge on any atom is 0.490 e. The van der Waals surface area contributed by atoms with Crippen LogP contribution < -0.4 is 10.1 Å². The zero-order chi connectivity index (χ0) is 24.1. The molecule has 2 atom stereocenters. The lowest BCUT2D eigenvalue weighted by Gasteiger charge is -2.27. The van der Waals surface area contributed by atoms with Crippen molar-refractivity contribution < 1.29 is 37.4 Å². The SMILES string of the molecule is O=C(O)C(F)(F)F.O=C(c1ccncn1)N1CC[C@]2(C1)C(=O)NC[C@@H]2COc1ccccn1. The molecule has 0 bridgehead atoms. The minimum Gasteiger partial charge on any atom is -0.477 e. The van der Waals surface area contributed by atoms with Gasteiger partial charge in [0, 0.05) is 44.0 Å². The van der Waals surface area contributed by atoms with Crippen molar-refractivity contribution in [2.45, 2.75) is 12.6 Å². The van der Waals surface area contributed by atoms with Crippen molar-refractivity contribution in [3.63, 3.8) is 0 Å². The van der Waals surface area contributed by atoms with Crippen LogP contribution in [0.1, 0.15) is 16.9 Å². The van der Waals surface area contributed by atoms with Gasteiger partial charge in [-0.25, -0.2) is 19.7 Å². The molecule has 0 radical (unpaired) electrons. The number of alkyl halides is 3. The Labute approximate surface area is 185 Å².